The first-order chi connectivity index (χ1) is 12.7. The Hall–Kier alpha value is -3.00. The number of H-pyrrole nitrogens is 1. The van der Waals surface area contributed by atoms with Crippen LogP contribution in [0.2, 0.25) is 0 Å². The number of hydrogen-bond acceptors (Lipinski definition) is 4. The summed E-state index contributed by atoms with van der Waals surface area (Å²) < 4.78 is 17.6. The van der Waals surface area contributed by atoms with Crippen LogP contribution >= 0.6 is 0 Å². The van der Waals surface area contributed by atoms with Crippen molar-refractivity contribution >= 4 is 23.3 Å². The molecular formula is C19H23FN3O4+. The highest BCUT2D eigenvalue weighted by Crippen LogP contribution is 2.18. The van der Waals surface area contributed by atoms with Gasteiger partial charge in [0.1, 0.15) is 12.4 Å². The van der Waals surface area contributed by atoms with E-state index >= 15 is 0 Å². The SMILES string of the molecule is COC(=O)c1c(C)[nH]c(C(=O)C[NH+](C)CC(=O)Nc2ccc(F)cc2)c1C. The fraction of sp³-hybridized carbons (Fsp3) is 0.316. The number of esters is 1. The predicted molar refractivity (Wildman–Crippen MR) is 97.6 cm³/mol. The third kappa shape index (κ3) is 5.01. The number of methoxy groups -OCH3 is 1. The van der Waals surface area contributed by atoms with E-state index < -0.39 is 5.97 Å². The molecule has 2 rings (SSSR count). The van der Waals surface area contributed by atoms with Crippen LogP contribution in [0.25, 0.3) is 0 Å². The van der Waals surface area contributed by atoms with E-state index in [-0.39, 0.29) is 30.6 Å². The molecule has 144 valence electrons. The lowest BCUT2D eigenvalue weighted by Crippen LogP contribution is -3.11. The molecule has 0 aliphatic rings. The number of ether oxygens (including phenoxy) is 1. The number of halogens is 1. The molecule has 8 heteroatoms. The van der Waals surface area contributed by atoms with Gasteiger partial charge in [-0.15, -0.1) is 0 Å². The molecule has 0 fully saturated rings. The maximum atomic E-state index is 12.9. The Kier molecular flexibility index (Phi) is 6.46. The Morgan fingerprint density at radius 3 is 2.37 bits per heavy atom. The summed E-state index contributed by atoms with van der Waals surface area (Å²) in [5.74, 6) is -1.39. The van der Waals surface area contributed by atoms with Crippen LogP contribution < -0.4 is 10.2 Å². The second-order valence-corrected chi connectivity index (χ2v) is 6.41. The number of amides is 1. The Bertz CT molecular complexity index is 859. The zero-order valence-electron chi connectivity index (χ0n) is 15.7. The monoisotopic (exact) mass is 376 g/mol. The summed E-state index contributed by atoms with van der Waals surface area (Å²) in [6, 6.07) is 5.44. The molecule has 1 amide bonds. The van der Waals surface area contributed by atoms with Gasteiger partial charge in [-0.25, -0.2) is 9.18 Å². The molecule has 1 unspecified atom stereocenters. The molecule has 1 aromatic heterocycles. The van der Waals surface area contributed by atoms with Gasteiger partial charge >= 0.3 is 5.97 Å². The summed E-state index contributed by atoms with van der Waals surface area (Å²) >= 11 is 0. The third-order valence-corrected chi connectivity index (χ3v) is 4.16. The number of ketones is 1. The topological polar surface area (TPSA) is 92.7 Å². The number of rotatable bonds is 7. The summed E-state index contributed by atoms with van der Waals surface area (Å²) in [5, 5.41) is 2.65. The van der Waals surface area contributed by atoms with Gasteiger partial charge in [0.2, 0.25) is 5.78 Å². The molecular weight excluding hydrogens is 353 g/mol. The number of anilines is 1. The van der Waals surface area contributed by atoms with Gasteiger partial charge in [0.15, 0.2) is 6.54 Å². The van der Waals surface area contributed by atoms with Crippen LogP contribution in [0.3, 0.4) is 0 Å². The molecule has 0 spiro atoms. The van der Waals surface area contributed by atoms with Crippen molar-refractivity contribution in [1.82, 2.24) is 4.98 Å². The number of aryl methyl sites for hydroxylation is 1. The number of nitrogens with one attached hydrogen (secondary N) is 3. The van der Waals surface area contributed by atoms with Crippen LogP contribution in [0.4, 0.5) is 10.1 Å². The average Bonchev–Trinajstić information content (AvgIpc) is 2.90. The van der Waals surface area contributed by atoms with Crippen LogP contribution in [-0.2, 0) is 9.53 Å². The van der Waals surface area contributed by atoms with Gasteiger partial charge in [-0.05, 0) is 43.7 Å². The smallest absolute Gasteiger partial charge is 0.339 e. The van der Waals surface area contributed by atoms with Crippen LogP contribution in [0, 0.1) is 19.7 Å². The van der Waals surface area contributed by atoms with Crippen molar-refractivity contribution in [2.24, 2.45) is 0 Å². The standard InChI is InChI=1S/C19H22FN3O4/c1-11-17(19(26)27-4)12(2)21-18(11)15(24)9-23(3)10-16(25)22-14-7-5-13(20)6-8-14/h5-8,21H,9-10H2,1-4H3,(H,22,25)/p+1. The van der Waals surface area contributed by atoms with E-state index in [1.165, 1.54) is 31.4 Å². The number of aromatic nitrogens is 1. The summed E-state index contributed by atoms with van der Waals surface area (Å²) in [6.45, 7) is 3.51. The van der Waals surface area contributed by atoms with E-state index in [1.807, 2.05) is 0 Å². The number of carbonyl (C=O) groups excluding carboxylic acids is 3. The minimum atomic E-state index is -0.500. The lowest BCUT2D eigenvalue weighted by Gasteiger charge is -2.13. The maximum absolute atomic E-state index is 12.9. The quantitative estimate of drug-likeness (QED) is 0.494. The van der Waals surface area contributed by atoms with E-state index in [0.717, 1.165) is 0 Å². The van der Waals surface area contributed by atoms with Crippen molar-refractivity contribution in [3.8, 4) is 0 Å². The van der Waals surface area contributed by atoms with Crippen LogP contribution in [0.15, 0.2) is 24.3 Å². The molecule has 0 radical (unpaired) electrons. The average molecular weight is 376 g/mol. The molecule has 0 aliphatic carbocycles. The number of likely N-dealkylation sites (N-methyl/N-ethyl adjacent to an activating group) is 1. The van der Waals surface area contributed by atoms with E-state index in [1.54, 1.807) is 20.9 Å². The Balaban J connectivity index is 1.98. The zero-order chi connectivity index (χ0) is 20.1. The summed E-state index contributed by atoms with van der Waals surface area (Å²) in [7, 11) is 3.00. The van der Waals surface area contributed by atoms with Crippen molar-refractivity contribution in [3.05, 3.63) is 52.6 Å². The van der Waals surface area contributed by atoms with E-state index in [2.05, 4.69) is 10.3 Å². The minimum Gasteiger partial charge on any atom is -0.465 e. The van der Waals surface area contributed by atoms with Gasteiger partial charge in [0.05, 0.1) is 25.4 Å². The molecule has 7 nitrogen and oxygen atoms in total. The van der Waals surface area contributed by atoms with Crippen LogP contribution in [0.5, 0.6) is 0 Å². The highest BCUT2D eigenvalue weighted by molar-refractivity contribution is 6.02. The Morgan fingerprint density at radius 2 is 1.78 bits per heavy atom. The summed E-state index contributed by atoms with van der Waals surface area (Å²) in [4.78, 5) is 40.0. The first-order valence-corrected chi connectivity index (χ1v) is 8.40. The molecule has 1 aromatic carbocycles. The molecule has 1 atom stereocenters. The maximum Gasteiger partial charge on any atom is 0.339 e. The number of aromatic amines is 1. The third-order valence-electron chi connectivity index (χ3n) is 4.16. The number of carbonyl (C=O) groups is 3. The highest BCUT2D eigenvalue weighted by Gasteiger charge is 2.24. The molecule has 3 N–H and O–H groups in total. The van der Waals surface area contributed by atoms with Crippen molar-refractivity contribution in [3.63, 3.8) is 0 Å². The summed E-state index contributed by atoms with van der Waals surface area (Å²) in [5.41, 5.74) is 2.28. The van der Waals surface area contributed by atoms with Crippen molar-refractivity contribution < 1.29 is 28.4 Å². The lowest BCUT2D eigenvalue weighted by atomic mass is 10.1. The molecule has 1 heterocycles. The molecule has 0 aliphatic heterocycles. The van der Waals surface area contributed by atoms with E-state index in [4.69, 9.17) is 4.74 Å². The minimum absolute atomic E-state index is 0.0612. The van der Waals surface area contributed by atoms with E-state index in [0.29, 0.717) is 33.1 Å². The first-order valence-electron chi connectivity index (χ1n) is 8.40. The Morgan fingerprint density at radius 1 is 1.15 bits per heavy atom. The first kappa shape index (κ1) is 20.3. The van der Waals surface area contributed by atoms with Gasteiger partial charge < -0.3 is 19.9 Å². The fourth-order valence-corrected chi connectivity index (χ4v) is 2.87. The molecule has 2 aromatic rings. The summed E-state index contributed by atoms with van der Waals surface area (Å²) in [6.07, 6.45) is 0. The molecule has 27 heavy (non-hydrogen) atoms. The van der Waals surface area contributed by atoms with Crippen LogP contribution in [-0.4, -0.2) is 49.9 Å². The molecule has 0 bridgehead atoms. The van der Waals surface area contributed by atoms with Gasteiger partial charge in [0, 0.05) is 11.4 Å². The second kappa shape index (κ2) is 8.59. The number of quaternary nitrogens is 1. The van der Waals surface area contributed by atoms with Gasteiger partial charge in [0.25, 0.3) is 5.91 Å². The number of hydrogen-bond donors (Lipinski definition) is 3. The highest BCUT2D eigenvalue weighted by atomic mass is 19.1. The second-order valence-electron chi connectivity index (χ2n) is 6.41. The fourth-order valence-electron chi connectivity index (χ4n) is 2.87. The van der Waals surface area contributed by atoms with Crippen molar-refractivity contribution in [1.29, 1.82) is 0 Å². The van der Waals surface area contributed by atoms with Gasteiger partial charge in [-0.3, -0.25) is 9.59 Å². The number of benzene rings is 1. The molecule has 0 saturated heterocycles. The largest absolute Gasteiger partial charge is 0.465 e. The van der Waals surface area contributed by atoms with Crippen molar-refractivity contribution in [2.75, 3.05) is 32.6 Å². The van der Waals surface area contributed by atoms with E-state index in [9.17, 15) is 18.8 Å². The van der Waals surface area contributed by atoms with Crippen LogP contribution in [0.1, 0.15) is 32.1 Å². The normalized spacial score (nSPS) is 11.7. The number of Topliss-reactive ketones (excluding diaryl/α,β-unsaturated/α-hetero) is 1. The van der Waals surface area contributed by atoms with Gasteiger partial charge in [-0.1, -0.05) is 0 Å². The van der Waals surface area contributed by atoms with Crippen molar-refractivity contribution in [2.45, 2.75) is 13.8 Å². The Labute approximate surface area is 156 Å². The molecule has 0 saturated carbocycles. The lowest BCUT2D eigenvalue weighted by molar-refractivity contribution is -0.861. The van der Waals surface area contributed by atoms with Gasteiger partial charge in [-0.2, -0.15) is 0 Å². The zero-order valence-corrected chi connectivity index (χ0v) is 15.7. The predicted octanol–water partition coefficient (Wildman–Crippen LogP) is 0.893.